The van der Waals surface area contributed by atoms with Crippen LogP contribution >= 0.6 is 11.3 Å². The van der Waals surface area contributed by atoms with E-state index in [4.69, 9.17) is 4.74 Å². The van der Waals surface area contributed by atoms with Gasteiger partial charge in [0.05, 0.1) is 12.0 Å². The van der Waals surface area contributed by atoms with Crippen molar-refractivity contribution in [2.75, 3.05) is 30.9 Å². The number of hydrogen-bond acceptors (Lipinski definition) is 6. The smallest absolute Gasteiger partial charge is 0.225 e. The van der Waals surface area contributed by atoms with Gasteiger partial charge in [0, 0.05) is 19.7 Å². The molecule has 0 aromatic carbocycles. The standard InChI is InChI=1S/C12H18N4OS/c1-4-17-7-8(2)14-10-9-5-6-18-11(9)16-12(13-3)15-10/h5-6,8H,4,7H2,1-3H3,(H2,13,14,15,16). The van der Waals surface area contributed by atoms with Gasteiger partial charge >= 0.3 is 0 Å². The van der Waals surface area contributed by atoms with Gasteiger partial charge in [0.25, 0.3) is 0 Å². The third-order valence-corrected chi connectivity index (χ3v) is 3.31. The third-order valence-electron chi connectivity index (χ3n) is 2.50. The summed E-state index contributed by atoms with van der Waals surface area (Å²) < 4.78 is 5.40. The molecule has 0 saturated carbocycles. The molecule has 1 unspecified atom stereocenters. The maximum Gasteiger partial charge on any atom is 0.225 e. The van der Waals surface area contributed by atoms with Crippen LogP contribution in [0.15, 0.2) is 11.4 Å². The molecule has 0 saturated heterocycles. The number of nitrogens with one attached hydrogen (secondary N) is 2. The molecule has 0 aliphatic carbocycles. The number of nitrogens with zero attached hydrogens (tertiary/aromatic N) is 2. The molecule has 0 aliphatic rings. The average Bonchev–Trinajstić information content (AvgIpc) is 2.84. The highest BCUT2D eigenvalue weighted by atomic mass is 32.1. The fraction of sp³-hybridized carbons (Fsp3) is 0.500. The molecule has 1 atom stereocenters. The molecule has 2 heterocycles. The van der Waals surface area contributed by atoms with Gasteiger partial charge in [-0.05, 0) is 25.3 Å². The van der Waals surface area contributed by atoms with Crippen LogP contribution in [0, 0.1) is 0 Å². The van der Waals surface area contributed by atoms with Crippen LogP contribution < -0.4 is 10.6 Å². The van der Waals surface area contributed by atoms with Crippen LogP contribution in [0.25, 0.3) is 10.2 Å². The van der Waals surface area contributed by atoms with Crippen molar-refractivity contribution in [3.8, 4) is 0 Å². The minimum absolute atomic E-state index is 0.215. The van der Waals surface area contributed by atoms with Gasteiger partial charge in [-0.25, -0.2) is 4.98 Å². The molecule has 0 bridgehead atoms. The van der Waals surface area contributed by atoms with E-state index < -0.39 is 0 Å². The second-order valence-corrected chi connectivity index (χ2v) is 4.88. The highest BCUT2D eigenvalue weighted by Crippen LogP contribution is 2.26. The summed E-state index contributed by atoms with van der Waals surface area (Å²) in [5.41, 5.74) is 0. The van der Waals surface area contributed by atoms with E-state index in [1.54, 1.807) is 11.3 Å². The van der Waals surface area contributed by atoms with E-state index in [0.29, 0.717) is 12.6 Å². The van der Waals surface area contributed by atoms with E-state index in [1.807, 2.05) is 25.4 Å². The lowest BCUT2D eigenvalue weighted by atomic mass is 10.3. The molecule has 0 fully saturated rings. The molecule has 18 heavy (non-hydrogen) atoms. The summed E-state index contributed by atoms with van der Waals surface area (Å²) in [6.45, 7) is 5.47. The maximum atomic E-state index is 5.40. The highest BCUT2D eigenvalue weighted by Gasteiger charge is 2.10. The second-order valence-electron chi connectivity index (χ2n) is 3.99. The molecule has 2 rings (SSSR count). The van der Waals surface area contributed by atoms with Crippen LogP contribution in [0.1, 0.15) is 13.8 Å². The molecule has 0 amide bonds. The lowest BCUT2D eigenvalue weighted by Gasteiger charge is -2.15. The Bertz CT molecular complexity index is 514. The summed E-state index contributed by atoms with van der Waals surface area (Å²) in [5, 5.41) is 9.43. The summed E-state index contributed by atoms with van der Waals surface area (Å²) in [6, 6.07) is 2.25. The van der Waals surface area contributed by atoms with Crippen LogP contribution in [-0.2, 0) is 4.74 Å². The van der Waals surface area contributed by atoms with Crippen molar-refractivity contribution in [1.82, 2.24) is 9.97 Å². The SMILES string of the molecule is CCOCC(C)Nc1nc(NC)nc2sccc12. The summed E-state index contributed by atoms with van der Waals surface area (Å²) in [5.74, 6) is 1.49. The molecule has 5 nitrogen and oxygen atoms in total. The van der Waals surface area contributed by atoms with Gasteiger partial charge in [0.1, 0.15) is 10.6 Å². The number of fused-ring (bicyclic) bond motifs is 1. The summed E-state index contributed by atoms with van der Waals surface area (Å²) >= 11 is 1.61. The van der Waals surface area contributed by atoms with Gasteiger partial charge < -0.3 is 15.4 Å². The Balaban J connectivity index is 2.22. The van der Waals surface area contributed by atoms with Crippen molar-refractivity contribution in [3.63, 3.8) is 0 Å². The van der Waals surface area contributed by atoms with Gasteiger partial charge in [-0.1, -0.05) is 0 Å². The number of anilines is 2. The number of thiophene rings is 1. The van der Waals surface area contributed by atoms with Crippen LogP contribution in [-0.4, -0.2) is 36.3 Å². The lowest BCUT2D eigenvalue weighted by Crippen LogP contribution is -2.22. The predicted molar refractivity (Wildman–Crippen MR) is 76.5 cm³/mol. The van der Waals surface area contributed by atoms with Gasteiger partial charge in [-0.15, -0.1) is 11.3 Å². The molecule has 2 aromatic heterocycles. The van der Waals surface area contributed by atoms with Gasteiger partial charge in [-0.2, -0.15) is 4.98 Å². The lowest BCUT2D eigenvalue weighted by molar-refractivity contribution is 0.141. The van der Waals surface area contributed by atoms with Crippen molar-refractivity contribution < 1.29 is 4.74 Å². The largest absolute Gasteiger partial charge is 0.380 e. The Morgan fingerprint density at radius 2 is 2.28 bits per heavy atom. The van der Waals surface area contributed by atoms with E-state index in [2.05, 4.69) is 27.5 Å². The first-order valence-electron chi connectivity index (χ1n) is 6.01. The van der Waals surface area contributed by atoms with Gasteiger partial charge in [0.15, 0.2) is 0 Å². The normalized spacial score (nSPS) is 12.6. The zero-order chi connectivity index (χ0) is 13.0. The molecular weight excluding hydrogens is 248 g/mol. The molecule has 0 radical (unpaired) electrons. The van der Waals surface area contributed by atoms with Gasteiger partial charge in [-0.3, -0.25) is 0 Å². The first-order chi connectivity index (χ1) is 8.74. The molecule has 6 heteroatoms. The average molecular weight is 266 g/mol. The second kappa shape index (κ2) is 5.97. The summed E-state index contributed by atoms with van der Waals surface area (Å²) in [4.78, 5) is 9.85. The minimum Gasteiger partial charge on any atom is -0.380 e. The molecule has 0 aliphatic heterocycles. The Kier molecular flexibility index (Phi) is 4.33. The van der Waals surface area contributed by atoms with Crippen LogP contribution in [0.4, 0.5) is 11.8 Å². The molecule has 2 aromatic rings. The van der Waals surface area contributed by atoms with E-state index in [1.165, 1.54) is 0 Å². The Hall–Kier alpha value is -1.40. The molecule has 2 N–H and O–H groups in total. The van der Waals surface area contributed by atoms with Crippen molar-refractivity contribution in [3.05, 3.63) is 11.4 Å². The predicted octanol–water partition coefficient (Wildman–Crippen LogP) is 2.57. The topological polar surface area (TPSA) is 59.1 Å². The molecule has 0 spiro atoms. The number of aromatic nitrogens is 2. The van der Waals surface area contributed by atoms with Crippen molar-refractivity contribution in [1.29, 1.82) is 0 Å². The number of rotatable bonds is 6. The fourth-order valence-corrected chi connectivity index (χ4v) is 2.41. The maximum absolute atomic E-state index is 5.40. The van der Waals surface area contributed by atoms with E-state index in [0.717, 1.165) is 22.6 Å². The van der Waals surface area contributed by atoms with E-state index >= 15 is 0 Å². The van der Waals surface area contributed by atoms with E-state index in [-0.39, 0.29) is 6.04 Å². The van der Waals surface area contributed by atoms with E-state index in [9.17, 15) is 0 Å². The first-order valence-corrected chi connectivity index (χ1v) is 6.89. The quantitative estimate of drug-likeness (QED) is 0.841. The summed E-state index contributed by atoms with van der Waals surface area (Å²) in [6.07, 6.45) is 0. The Labute approximate surface area is 111 Å². The highest BCUT2D eigenvalue weighted by molar-refractivity contribution is 7.16. The number of hydrogen-bond donors (Lipinski definition) is 2. The van der Waals surface area contributed by atoms with Gasteiger partial charge in [0.2, 0.25) is 5.95 Å². The van der Waals surface area contributed by atoms with Crippen molar-refractivity contribution in [2.45, 2.75) is 19.9 Å². The third kappa shape index (κ3) is 2.88. The zero-order valence-electron chi connectivity index (χ0n) is 10.9. The monoisotopic (exact) mass is 266 g/mol. The molecular formula is C12H18N4OS. The number of ether oxygens (including phenoxy) is 1. The van der Waals surface area contributed by atoms with Crippen molar-refractivity contribution in [2.24, 2.45) is 0 Å². The van der Waals surface area contributed by atoms with Crippen molar-refractivity contribution >= 4 is 33.3 Å². The van der Waals surface area contributed by atoms with Crippen LogP contribution in [0.5, 0.6) is 0 Å². The summed E-state index contributed by atoms with van der Waals surface area (Å²) in [7, 11) is 1.82. The van der Waals surface area contributed by atoms with Crippen LogP contribution in [0.2, 0.25) is 0 Å². The van der Waals surface area contributed by atoms with Crippen LogP contribution in [0.3, 0.4) is 0 Å². The fourth-order valence-electron chi connectivity index (χ4n) is 1.65. The minimum atomic E-state index is 0.215. The Morgan fingerprint density at radius 1 is 1.44 bits per heavy atom. The Morgan fingerprint density at radius 3 is 3.00 bits per heavy atom. The molecule has 98 valence electrons. The first kappa shape index (κ1) is 13.0. The zero-order valence-corrected chi connectivity index (χ0v) is 11.7.